The van der Waals surface area contributed by atoms with Crippen LogP contribution < -0.4 is 4.74 Å². The van der Waals surface area contributed by atoms with Crippen molar-refractivity contribution in [3.63, 3.8) is 0 Å². The number of amides is 2. The Bertz CT molecular complexity index is 1090. The van der Waals surface area contributed by atoms with Crippen molar-refractivity contribution in [1.82, 2.24) is 14.8 Å². The number of hydrogen-bond donors (Lipinski definition) is 0. The van der Waals surface area contributed by atoms with Gasteiger partial charge in [-0.15, -0.1) is 0 Å². The quantitative estimate of drug-likeness (QED) is 0.532. The molecule has 0 saturated carbocycles. The van der Waals surface area contributed by atoms with Gasteiger partial charge in [0.15, 0.2) is 5.82 Å². The number of likely N-dealkylation sites (tertiary alicyclic amines) is 1. The van der Waals surface area contributed by atoms with Crippen LogP contribution >= 0.6 is 0 Å². The topological polar surface area (TPSA) is 72.0 Å². The number of halogens is 3. The van der Waals surface area contributed by atoms with E-state index in [1.165, 1.54) is 36.1 Å². The molecule has 196 valence electrons. The van der Waals surface area contributed by atoms with Crippen LogP contribution in [0.2, 0.25) is 0 Å². The first-order valence-electron chi connectivity index (χ1n) is 11.7. The molecule has 0 unspecified atom stereocenters. The van der Waals surface area contributed by atoms with Gasteiger partial charge in [-0.3, -0.25) is 9.69 Å². The number of methoxy groups -OCH3 is 1. The lowest BCUT2D eigenvalue weighted by molar-refractivity contribution is -0.135. The zero-order chi connectivity index (χ0) is 26.7. The molecule has 2 amide bonds. The summed E-state index contributed by atoms with van der Waals surface area (Å²) in [7, 11) is 2.73. The Morgan fingerprint density at radius 2 is 1.86 bits per heavy atom. The minimum Gasteiger partial charge on any atom is -0.481 e. The average Bonchev–Trinajstić information content (AvgIpc) is 3.28. The van der Waals surface area contributed by atoms with Crippen LogP contribution in [-0.4, -0.2) is 59.1 Å². The van der Waals surface area contributed by atoms with E-state index in [9.17, 15) is 22.8 Å². The molecule has 1 aliphatic rings. The summed E-state index contributed by atoms with van der Waals surface area (Å²) in [5.41, 5.74) is -1.26. The predicted molar refractivity (Wildman–Crippen MR) is 127 cm³/mol. The first-order chi connectivity index (χ1) is 16.8. The fraction of sp³-hybridized carbons (Fsp3) is 0.500. The summed E-state index contributed by atoms with van der Waals surface area (Å²) in [5, 5.41) is 0. The molecule has 0 bridgehead atoms. The molecule has 1 fully saturated rings. The largest absolute Gasteiger partial charge is 0.481 e. The van der Waals surface area contributed by atoms with Crippen LogP contribution in [0.1, 0.15) is 50.4 Å². The Hall–Kier alpha value is -3.30. The van der Waals surface area contributed by atoms with Gasteiger partial charge in [0.2, 0.25) is 11.8 Å². The summed E-state index contributed by atoms with van der Waals surface area (Å²) < 4.78 is 55.3. The highest BCUT2D eigenvalue weighted by atomic mass is 19.3. The zero-order valence-electron chi connectivity index (χ0n) is 21.2. The highest BCUT2D eigenvalue weighted by Gasteiger charge is 2.40. The maximum Gasteiger partial charge on any atom is 0.410 e. The number of pyridine rings is 1. The molecule has 7 nitrogen and oxygen atoms in total. The van der Waals surface area contributed by atoms with E-state index in [0.717, 1.165) is 6.07 Å². The highest BCUT2D eigenvalue weighted by Crippen LogP contribution is 2.35. The SMILES string of the molecule is COc1nc(C(F)(F)Cc2ccccc2)c(F)cc1CN(C)C(=O)[C@@H]1CCCN1C(=O)OC(C)(C)C. The van der Waals surface area contributed by atoms with Crippen molar-refractivity contribution in [2.24, 2.45) is 0 Å². The van der Waals surface area contributed by atoms with Crippen LogP contribution in [0.25, 0.3) is 0 Å². The van der Waals surface area contributed by atoms with Gasteiger partial charge in [0.1, 0.15) is 17.3 Å². The first kappa shape index (κ1) is 27.3. The van der Waals surface area contributed by atoms with Crippen molar-refractivity contribution in [2.75, 3.05) is 20.7 Å². The van der Waals surface area contributed by atoms with Gasteiger partial charge in [0.25, 0.3) is 5.92 Å². The van der Waals surface area contributed by atoms with Gasteiger partial charge in [0.05, 0.1) is 13.7 Å². The fourth-order valence-electron chi connectivity index (χ4n) is 4.14. The second-order valence-corrected chi connectivity index (χ2v) is 9.88. The van der Waals surface area contributed by atoms with E-state index in [4.69, 9.17) is 9.47 Å². The summed E-state index contributed by atoms with van der Waals surface area (Å²) in [6.07, 6.45) is -0.215. The Morgan fingerprint density at radius 3 is 2.47 bits per heavy atom. The Morgan fingerprint density at radius 1 is 1.19 bits per heavy atom. The van der Waals surface area contributed by atoms with E-state index in [0.29, 0.717) is 24.9 Å². The lowest BCUT2D eigenvalue weighted by atomic mass is 10.0. The molecular formula is C26H32F3N3O4. The molecule has 1 aromatic heterocycles. The minimum absolute atomic E-state index is 0.131. The second-order valence-electron chi connectivity index (χ2n) is 9.88. The van der Waals surface area contributed by atoms with E-state index >= 15 is 0 Å². The van der Waals surface area contributed by atoms with Crippen molar-refractivity contribution >= 4 is 12.0 Å². The molecule has 1 atom stereocenters. The number of benzene rings is 1. The summed E-state index contributed by atoms with van der Waals surface area (Å²) in [6.45, 7) is 5.46. The Balaban J connectivity index is 1.78. The number of aromatic nitrogens is 1. The maximum absolute atomic E-state index is 14.9. The summed E-state index contributed by atoms with van der Waals surface area (Å²) in [6, 6.07) is 8.20. The van der Waals surface area contributed by atoms with Crippen LogP contribution in [0.5, 0.6) is 5.88 Å². The van der Waals surface area contributed by atoms with Gasteiger partial charge in [-0.2, -0.15) is 8.78 Å². The van der Waals surface area contributed by atoms with Crippen LogP contribution in [0.4, 0.5) is 18.0 Å². The normalized spacial score (nSPS) is 16.1. The fourth-order valence-corrected chi connectivity index (χ4v) is 4.14. The maximum atomic E-state index is 14.9. The van der Waals surface area contributed by atoms with Crippen LogP contribution in [0, 0.1) is 5.82 Å². The number of carbonyl (C=O) groups is 2. The summed E-state index contributed by atoms with van der Waals surface area (Å²) in [5.74, 6) is -5.34. The standard InChI is InChI=1S/C26H32F3N3O4/c1-25(2,3)36-24(34)32-13-9-12-20(32)23(33)31(4)16-18-14-19(27)21(30-22(18)35-5)26(28,29)15-17-10-7-6-8-11-17/h6-8,10-11,14,20H,9,12-13,15-16H2,1-5H3/t20-/m0/s1. The molecular weight excluding hydrogens is 475 g/mol. The molecule has 36 heavy (non-hydrogen) atoms. The number of hydrogen-bond acceptors (Lipinski definition) is 5. The van der Waals surface area contributed by atoms with Crippen molar-refractivity contribution in [3.05, 3.63) is 59.0 Å². The molecule has 1 aliphatic heterocycles. The predicted octanol–water partition coefficient (Wildman–Crippen LogP) is 4.92. The lowest BCUT2D eigenvalue weighted by Crippen LogP contribution is -2.47. The smallest absolute Gasteiger partial charge is 0.410 e. The molecule has 1 saturated heterocycles. The van der Waals surface area contributed by atoms with E-state index in [-0.39, 0.29) is 23.9 Å². The lowest BCUT2D eigenvalue weighted by Gasteiger charge is -2.30. The van der Waals surface area contributed by atoms with Crippen molar-refractivity contribution < 1.29 is 32.2 Å². The van der Waals surface area contributed by atoms with Crippen LogP contribution in [0.3, 0.4) is 0 Å². The third-order valence-electron chi connectivity index (χ3n) is 5.77. The third kappa shape index (κ3) is 6.47. The van der Waals surface area contributed by atoms with Gasteiger partial charge in [-0.25, -0.2) is 14.2 Å². The van der Waals surface area contributed by atoms with Gasteiger partial charge in [-0.1, -0.05) is 30.3 Å². The highest BCUT2D eigenvalue weighted by molar-refractivity contribution is 5.86. The molecule has 2 heterocycles. The summed E-state index contributed by atoms with van der Waals surface area (Å²) >= 11 is 0. The van der Waals surface area contributed by atoms with Gasteiger partial charge < -0.3 is 14.4 Å². The first-order valence-corrected chi connectivity index (χ1v) is 11.7. The number of alkyl halides is 2. The van der Waals surface area contributed by atoms with Crippen molar-refractivity contribution in [2.45, 2.75) is 64.1 Å². The molecule has 3 rings (SSSR count). The Kier molecular flexibility index (Phi) is 8.15. The second kappa shape index (κ2) is 10.8. The van der Waals surface area contributed by atoms with E-state index in [2.05, 4.69) is 4.98 Å². The third-order valence-corrected chi connectivity index (χ3v) is 5.77. The van der Waals surface area contributed by atoms with Gasteiger partial charge >= 0.3 is 6.09 Å². The minimum atomic E-state index is -3.57. The molecule has 0 N–H and O–H groups in total. The number of likely N-dealkylation sites (N-methyl/N-ethyl adjacent to an activating group) is 1. The summed E-state index contributed by atoms with van der Waals surface area (Å²) in [4.78, 5) is 32.2. The Labute approximate surface area is 209 Å². The number of carbonyl (C=O) groups excluding carboxylic acids is 2. The van der Waals surface area contributed by atoms with Crippen LogP contribution in [0.15, 0.2) is 36.4 Å². The van der Waals surface area contributed by atoms with E-state index in [1.807, 2.05) is 0 Å². The molecule has 1 aromatic carbocycles. The van der Waals surface area contributed by atoms with Gasteiger partial charge in [0, 0.05) is 25.6 Å². The van der Waals surface area contributed by atoms with E-state index in [1.54, 1.807) is 39.0 Å². The molecule has 10 heteroatoms. The van der Waals surface area contributed by atoms with Crippen molar-refractivity contribution in [3.8, 4) is 5.88 Å². The molecule has 0 radical (unpaired) electrons. The van der Waals surface area contributed by atoms with Crippen LogP contribution in [-0.2, 0) is 28.4 Å². The van der Waals surface area contributed by atoms with Gasteiger partial charge in [-0.05, 0) is 45.2 Å². The number of nitrogens with zero attached hydrogens (tertiary/aromatic N) is 3. The van der Waals surface area contributed by atoms with Crippen molar-refractivity contribution in [1.29, 1.82) is 0 Å². The average molecular weight is 508 g/mol. The number of ether oxygens (including phenoxy) is 2. The zero-order valence-corrected chi connectivity index (χ0v) is 21.2. The molecule has 2 aromatic rings. The monoisotopic (exact) mass is 507 g/mol. The molecule has 0 aliphatic carbocycles. The molecule has 0 spiro atoms. The number of rotatable bonds is 7. The van der Waals surface area contributed by atoms with E-state index < -0.39 is 41.6 Å².